The Morgan fingerprint density at radius 1 is 1.12 bits per heavy atom. The first-order valence-electron chi connectivity index (χ1n) is 8.38. The average molecular weight is 329 g/mol. The number of allylic oxidation sites excluding steroid dienone is 1. The van der Waals surface area contributed by atoms with Crippen LogP contribution in [-0.4, -0.2) is 33.9 Å². The first-order chi connectivity index (χ1) is 12.2. The lowest BCUT2D eigenvalue weighted by atomic mass is 9.94. The lowest BCUT2D eigenvalue weighted by Gasteiger charge is -2.27. The molecule has 1 aliphatic rings. The molecule has 0 atom stereocenters. The highest BCUT2D eigenvalue weighted by atomic mass is 16.2. The Labute approximate surface area is 146 Å². The highest BCUT2D eigenvalue weighted by Gasteiger charge is 2.20. The van der Waals surface area contributed by atoms with Crippen molar-refractivity contribution in [2.24, 2.45) is 0 Å². The van der Waals surface area contributed by atoms with E-state index in [1.54, 1.807) is 6.33 Å². The molecule has 3 aromatic rings. The Bertz CT molecular complexity index is 969. The molecule has 0 saturated carbocycles. The van der Waals surface area contributed by atoms with E-state index in [4.69, 9.17) is 0 Å². The van der Waals surface area contributed by atoms with Crippen LogP contribution in [0.4, 0.5) is 0 Å². The smallest absolute Gasteiger partial charge is 0.254 e. The Kier molecular flexibility index (Phi) is 3.94. The number of hydrogen-bond acceptors (Lipinski definition) is 2. The number of fused-ring (bicyclic) bond motifs is 1. The van der Waals surface area contributed by atoms with E-state index in [-0.39, 0.29) is 5.91 Å². The molecule has 2 aromatic carbocycles. The zero-order valence-corrected chi connectivity index (χ0v) is 13.9. The summed E-state index contributed by atoms with van der Waals surface area (Å²) in [5, 5.41) is 0. The van der Waals surface area contributed by atoms with Gasteiger partial charge in [0.25, 0.3) is 5.91 Å². The summed E-state index contributed by atoms with van der Waals surface area (Å²) in [6.45, 7) is 5.53. The summed E-state index contributed by atoms with van der Waals surface area (Å²) in [5.74, 6) is 0.0468. The number of amides is 1. The fourth-order valence-corrected chi connectivity index (χ4v) is 3.20. The Balaban J connectivity index is 1.49. The van der Waals surface area contributed by atoms with E-state index < -0.39 is 0 Å². The van der Waals surface area contributed by atoms with Crippen molar-refractivity contribution in [3.05, 3.63) is 84.2 Å². The topological polar surface area (TPSA) is 49.0 Å². The van der Waals surface area contributed by atoms with E-state index in [2.05, 4.69) is 34.8 Å². The maximum atomic E-state index is 12.7. The molecule has 0 unspecified atom stereocenters. The van der Waals surface area contributed by atoms with Crippen LogP contribution in [0.3, 0.4) is 0 Å². The predicted molar refractivity (Wildman–Crippen MR) is 100 cm³/mol. The van der Waals surface area contributed by atoms with Crippen molar-refractivity contribution in [2.45, 2.75) is 6.42 Å². The van der Waals surface area contributed by atoms with Gasteiger partial charge < -0.3 is 9.88 Å². The van der Waals surface area contributed by atoms with Crippen LogP contribution < -0.4 is 0 Å². The van der Waals surface area contributed by atoms with Gasteiger partial charge in [-0.1, -0.05) is 43.0 Å². The van der Waals surface area contributed by atoms with Crippen molar-refractivity contribution >= 4 is 22.5 Å². The molecule has 0 saturated heterocycles. The Hall–Kier alpha value is -3.14. The molecule has 4 nitrogen and oxygen atoms in total. The summed E-state index contributed by atoms with van der Waals surface area (Å²) in [6, 6.07) is 15.8. The maximum Gasteiger partial charge on any atom is 0.254 e. The lowest BCUT2D eigenvalue weighted by Crippen LogP contribution is -2.34. The lowest BCUT2D eigenvalue weighted by molar-refractivity contribution is 0.0770. The van der Waals surface area contributed by atoms with Crippen LogP contribution >= 0.6 is 0 Å². The van der Waals surface area contributed by atoms with Crippen LogP contribution in [0.2, 0.25) is 0 Å². The first-order valence-corrected chi connectivity index (χ1v) is 8.38. The minimum absolute atomic E-state index is 0.0468. The van der Waals surface area contributed by atoms with Crippen molar-refractivity contribution in [1.82, 2.24) is 14.9 Å². The molecule has 0 fully saturated rings. The SMILES string of the molecule is C=C(C1=CCN(C(=O)c2ccc3[nH]cnc3c2)CC1)c1ccccc1. The summed E-state index contributed by atoms with van der Waals surface area (Å²) < 4.78 is 0. The van der Waals surface area contributed by atoms with Crippen LogP contribution in [0, 0.1) is 0 Å². The molecule has 0 bridgehead atoms. The normalized spacial score (nSPS) is 14.4. The van der Waals surface area contributed by atoms with Crippen molar-refractivity contribution in [1.29, 1.82) is 0 Å². The fourth-order valence-electron chi connectivity index (χ4n) is 3.20. The molecule has 0 spiro atoms. The van der Waals surface area contributed by atoms with E-state index in [0.29, 0.717) is 18.7 Å². The third-order valence-corrected chi connectivity index (χ3v) is 4.67. The average Bonchev–Trinajstić information content (AvgIpc) is 3.15. The minimum Gasteiger partial charge on any atom is -0.345 e. The van der Waals surface area contributed by atoms with Gasteiger partial charge in [-0.3, -0.25) is 4.79 Å². The molecule has 25 heavy (non-hydrogen) atoms. The zero-order valence-electron chi connectivity index (χ0n) is 13.9. The van der Waals surface area contributed by atoms with Crippen LogP contribution in [0.1, 0.15) is 22.3 Å². The van der Waals surface area contributed by atoms with Crippen molar-refractivity contribution in [2.75, 3.05) is 13.1 Å². The van der Waals surface area contributed by atoms with Crippen LogP contribution in [-0.2, 0) is 0 Å². The molecule has 2 heterocycles. The number of carbonyl (C=O) groups excluding carboxylic acids is 1. The van der Waals surface area contributed by atoms with Crippen LogP contribution in [0.5, 0.6) is 0 Å². The van der Waals surface area contributed by atoms with Gasteiger partial charge >= 0.3 is 0 Å². The molecular formula is C21H19N3O. The Morgan fingerprint density at radius 3 is 2.72 bits per heavy atom. The van der Waals surface area contributed by atoms with E-state index in [1.165, 1.54) is 5.57 Å². The van der Waals surface area contributed by atoms with Gasteiger partial charge in [-0.2, -0.15) is 0 Å². The number of imidazole rings is 1. The van der Waals surface area contributed by atoms with Gasteiger partial charge in [0.2, 0.25) is 0 Å². The van der Waals surface area contributed by atoms with Crippen molar-refractivity contribution in [3.8, 4) is 0 Å². The molecule has 124 valence electrons. The third kappa shape index (κ3) is 2.98. The zero-order chi connectivity index (χ0) is 17.2. The second-order valence-electron chi connectivity index (χ2n) is 6.21. The monoisotopic (exact) mass is 329 g/mol. The molecule has 4 heteroatoms. The second kappa shape index (κ2) is 6.40. The highest BCUT2D eigenvalue weighted by molar-refractivity contribution is 5.97. The van der Waals surface area contributed by atoms with E-state index in [0.717, 1.165) is 28.6 Å². The number of rotatable bonds is 3. The van der Waals surface area contributed by atoms with Gasteiger partial charge in [-0.15, -0.1) is 0 Å². The molecule has 1 aromatic heterocycles. The van der Waals surface area contributed by atoms with Crippen molar-refractivity contribution < 1.29 is 4.79 Å². The van der Waals surface area contributed by atoms with E-state index in [9.17, 15) is 4.79 Å². The number of aromatic nitrogens is 2. The summed E-state index contributed by atoms with van der Waals surface area (Å²) in [7, 11) is 0. The number of hydrogen-bond donors (Lipinski definition) is 1. The number of nitrogens with zero attached hydrogens (tertiary/aromatic N) is 2. The predicted octanol–water partition coefficient (Wildman–Crippen LogP) is 4.05. The molecule has 1 aliphatic heterocycles. The largest absolute Gasteiger partial charge is 0.345 e. The van der Waals surface area contributed by atoms with Gasteiger partial charge in [-0.05, 0) is 41.3 Å². The second-order valence-corrected chi connectivity index (χ2v) is 6.21. The fraction of sp³-hybridized carbons (Fsp3) is 0.143. The molecular weight excluding hydrogens is 310 g/mol. The van der Waals surface area contributed by atoms with Gasteiger partial charge in [0, 0.05) is 18.7 Å². The summed E-state index contributed by atoms with van der Waals surface area (Å²) in [5.41, 5.74) is 5.84. The van der Waals surface area contributed by atoms with Gasteiger partial charge in [-0.25, -0.2) is 4.98 Å². The number of benzene rings is 2. The minimum atomic E-state index is 0.0468. The van der Waals surface area contributed by atoms with Crippen molar-refractivity contribution in [3.63, 3.8) is 0 Å². The van der Waals surface area contributed by atoms with Crippen LogP contribution in [0.15, 0.2) is 73.1 Å². The van der Waals surface area contributed by atoms with E-state index >= 15 is 0 Å². The third-order valence-electron chi connectivity index (χ3n) is 4.67. The number of nitrogens with one attached hydrogen (secondary N) is 1. The first kappa shape index (κ1) is 15.4. The van der Waals surface area contributed by atoms with Gasteiger partial charge in [0.15, 0.2) is 0 Å². The number of aromatic amines is 1. The quantitative estimate of drug-likeness (QED) is 0.788. The molecule has 0 aliphatic carbocycles. The van der Waals surface area contributed by atoms with Gasteiger partial charge in [0.1, 0.15) is 0 Å². The number of H-pyrrole nitrogens is 1. The molecule has 4 rings (SSSR count). The summed E-state index contributed by atoms with van der Waals surface area (Å²) in [4.78, 5) is 21.9. The molecule has 0 radical (unpaired) electrons. The Morgan fingerprint density at radius 2 is 1.96 bits per heavy atom. The van der Waals surface area contributed by atoms with Gasteiger partial charge in [0.05, 0.1) is 17.4 Å². The highest BCUT2D eigenvalue weighted by Crippen LogP contribution is 2.26. The van der Waals surface area contributed by atoms with Crippen LogP contribution in [0.25, 0.3) is 16.6 Å². The summed E-state index contributed by atoms with van der Waals surface area (Å²) >= 11 is 0. The summed E-state index contributed by atoms with van der Waals surface area (Å²) in [6.07, 6.45) is 4.58. The van der Waals surface area contributed by atoms with E-state index in [1.807, 2.05) is 41.3 Å². The number of carbonyl (C=O) groups is 1. The maximum absolute atomic E-state index is 12.7. The molecule has 1 N–H and O–H groups in total. The standard InChI is InChI=1S/C21H19N3O/c1-15(16-5-3-2-4-6-16)17-9-11-24(12-10-17)21(25)18-7-8-19-20(13-18)23-14-22-19/h2-9,13-14H,1,10-12H2,(H,22,23). The molecule has 1 amide bonds.